The van der Waals surface area contributed by atoms with Crippen LogP contribution in [0, 0.1) is 0 Å². The molecule has 2 rings (SSSR count). The lowest BCUT2D eigenvalue weighted by Gasteiger charge is -2.00. The maximum Gasteiger partial charge on any atom is 0.107 e. The second-order valence-corrected chi connectivity index (χ2v) is 5.01. The Morgan fingerprint density at radius 1 is 1.28 bits per heavy atom. The summed E-state index contributed by atoms with van der Waals surface area (Å²) in [7, 11) is 1.71. The van der Waals surface area contributed by atoms with Gasteiger partial charge < -0.3 is 10.1 Å². The standard InChI is InChI=1S/C14H18N2OS/c1-17-8-7-15-10-14-16-13(11-18-14)9-12-5-3-2-4-6-12/h2-6,11,15H,7-10H2,1H3. The molecule has 0 bridgehead atoms. The lowest BCUT2D eigenvalue weighted by atomic mass is 10.1. The number of rotatable bonds is 7. The van der Waals surface area contributed by atoms with Crippen molar-refractivity contribution in [3.8, 4) is 0 Å². The van der Waals surface area contributed by atoms with E-state index in [0.717, 1.165) is 36.8 Å². The molecule has 96 valence electrons. The summed E-state index contributed by atoms with van der Waals surface area (Å²) in [6.45, 7) is 2.43. The number of hydrogen-bond donors (Lipinski definition) is 1. The van der Waals surface area contributed by atoms with Gasteiger partial charge in [-0.1, -0.05) is 30.3 Å². The van der Waals surface area contributed by atoms with Crippen LogP contribution >= 0.6 is 11.3 Å². The van der Waals surface area contributed by atoms with Crippen LogP contribution in [0.2, 0.25) is 0 Å². The van der Waals surface area contributed by atoms with E-state index in [1.54, 1.807) is 18.4 Å². The Bertz CT molecular complexity index is 456. The molecule has 1 N–H and O–H groups in total. The second kappa shape index (κ2) is 7.26. The Morgan fingerprint density at radius 3 is 2.89 bits per heavy atom. The number of nitrogens with zero attached hydrogens (tertiary/aromatic N) is 1. The van der Waals surface area contributed by atoms with E-state index in [9.17, 15) is 0 Å². The first-order valence-electron chi connectivity index (χ1n) is 6.05. The predicted molar refractivity (Wildman–Crippen MR) is 74.9 cm³/mol. The van der Waals surface area contributed by atoms with Gasteiger partial charge in [-0.05, 0) is 5.56 Å². The molecule has 0 saturated heterocycles. The lowest BCUT2D eigenvalue weighted by molar-refractivity contribution is 0.199. The summed E-state index contributed by atoms with van der Waals surface area (Å²) in [6, 6.07) is 10.4. The molecule has 1 aromatic heterocycles. The van der Waals surface area contributed by atoms with Crippen molar-refractivity contribution >= 4 is 11.3 Å². The molecule has 0 aliphatic carbocycles. The normalized spacial score (nSPS) is 10.7. The average Bonchev–Trinajstić information content (AvgIpc) is 2.84. The monoisotopic (exact) mass is 262 g/mol. The summed E-state index contributed by atoms with van der Waals surface area (Å²) < 4.78 is 4.98. The van der Waals surface area contributed by atoms with Gasteiger partial charge in [-0.15, -0.1) is 11.3 Å². The van der Waals surface area contributed by atoms with Gasteiger partial charge in [-0.3, -0.25) is 0 Å². The summed E-state index contributed by atoms with van der Waals surface area (Å²) in [6.07, 6.45) is 0.912. The first kappa shape index (κ1) is 13.2. The van der Waals surface area contributed by atoms with Gasteiger partial charge in [0.1, 0.15) is 5.01 Å². The van der Waals surface area contributed by atoms with Gasteiger partial charge in [-0.2, -0.15) is 0 Å². The highest BCUT2D eigenvalue weighted by molar-refractivity contribution is 7.09. The molecule has 0 radical (unpaired) electrons. The summed E-state index contributed by atoms with van der Waals surface area (Å²) >= 11 is 1.71. The van der Waals surface area contributed by atoms with E-state index in [-0.39, 0.29) is 0 Å². The minimum Gasteiger partial charge on any atom is -0.383 e. The molecule has 0 aliphatic rings. The van der Waals surface area contributed by atoms with Crippen molar-refractivity contribution in [3.05, 3.63) is 52.0 Å². The van der Waals surface area contributed by atoms with Gasteiger partial charge in [0, 0.05) is 32.0 Å². The third-order valence-electron chi connectivity index (χ3n) is 2.59. The third kappa shape index (κ3) is 4.22. The van der Waals surface area contributed by atoms with Crippen LogP contribution in [0.4, 0.5) is 0 Å². The van der Waals surface area contributed by atoms with Crippen molar-refractivity contribution in [2.24, 2.45) is 0 Å². The molecule has 4 heteroatoms. The molecule has 0 aliphatic heterocycles. The first-order chi connectivity index (χ1) is 8.88. The van der Waals surface area contributed by atoms with Gasteiger partial charge in [0.2, 0.25) is 0 Å². The number of methoxy groups -OCH3 is 1. The van der Waals surface area contributed by atoms with Gasteiger partial charge in [0.05, 0.1) is 12.3 Å². The summed E-state index contributed by atoms with van der Waals surface area (Å²) in [5, 5.41) is 6.58. The minimum absolute atomic E-state index is 0.738. The van der Waals surface area contributed by atoms with Crippen LogP contribution in [-0.2, 0) is 17.7 Å². The predicted octanol–water partition coefficient (Wildman–Crippen LogP) is 2.47. The molecule has 0 spiro atoms. The number of nitrogens with one attached hydrogen (secondary N) is 1. The zero-order chi connectivity index (χ0) is 12.6. The molecule has 0 fully saturated rings. The van der Waals surface area contributed by atoms with Crippen LogP contribution in [0.25, 0.3) is 0 Å². The Morgan fingerprint density at radius 2 is 2.11 bits per heavy atom. The highest BCUT2D eigenvalue weighted by Crippen LogP contribution is 2.13. The number of thiazole rings is 1. The van der Waals surface area contributed by atoms with Gasteiger partial charge in [-0.25, -0.2) is 4.98 Å². The number of aromatic nitrogens is 1. The van der Waals surface area contributed by atoms with Gasteiger partial charge in [0.15, 0.2) is 0 Å². The fourth-order valence-corrected chi connectivity index (χ4v) is 2.45. The molecule has 1 aromatic carbocycles. The van der Waals surface area contributed by atoms with Crippen LogP contribution in [0.1, 0.15) is 16.3 Å². The van der Waals surface area contributed by atoms with Crippen molar-refractivity contribution in [2.75, 3.05) is 20.3 Å². The van der Waals surface area contributed by atoms with E-state index < -0.39 is 0 Å². The molecular weight excluding hydrogens is 244 g/mol. The lowest BCUT2D eigenvalue weighted by Crippen LogP contribution is -2.18. The van der Waals surface area contributed by atoms with Crippen molar-refractivity contribution in [3.63, 3.8) is 0 Å². The van der Waals surface area contributed by atoms with E-state index in [2.05, 4.69) is 39.9 Å². The summed E-state index contributed by atoms with van der Waals surface area (Å²) in [5.74, 6) is 0. The molecule has 2 aromatic rings. The highest BCUT2D eigenvalue weighted by atomic mass is 32.1. The third-order valence-corrected chi connectivity index (χ3v) is 3.48. The van der Waals surface area contributed by atoms with Crippen LogP contribution in [0.5, 0.6) is 0 Å². The number of ether oxygens (including phenoxy) is 1. The molecule has 1 heterocycles. The second-order valence-electron chi connectivity index (χ2n) is 4.06. The van der Waals surface area contributed by atoms with Gasteiger partial charge >= 0.3 is 0 Å². The molecule has 0 unspecified atom stereocenters. The van der Waals surface area contributed by atoms with Crippen LogP contribution in [-0.4, -0.2) is 25.2 Å². The van der Waals surface area contributed by atoms with Crippen LogP contribution < -0.4 is 5.32 Å². The molecule has 18 heavy (non-hydrogen) atoms. The van der Waals surface area contributed by atoms with E-state index in [0.29, 0.717) is 0 Å². The SMILES string of the molecule is COCCNCc1nc(Cc2ccccc2)cs1. The van der Waals surface area contributed by atoms with Crippen LogP contribution in [0.3, 0.4) is 0 Å². The Labute approximate surface area is 112 Å². The zero-order valence-electron chi connectivity index (χ0n) is 10.6. The van der Waals surface area contributed by atoms with Crippen molar-refractivity contribution in [2.45, 2.75) is 13.0 Å². The van der Waals surface area contributed by atoms with Crippen molar-refractivity contribution in [1.82, 2.24) is 10.3 Å². The van der Waals surface area contributed by atoms with Gasteiger partial charge in [0.25, 0.3) is 0 Å². The zero-order valence-corrected chi connectivity index (χ0v) is 11.4. The quantitative estimate of drug-likeness (QED) is 0.778. The molecule has 3 nitrogen and oxygen atoms in total. The minimum atomic E-state index is 0.738. The smallest absolute Gasteiger partial charge is 0.107 e. The Hall–Kier alpha value is -1.23. The van der Waals surface area contributed by atoms with E-state index in [4.69, 9.17) is 4.74 Å². The maximum atomic E-state index is 4.98. The fourth-order valence-electron chi connectivity index (χ4n) is 1.69. The average molecular weight is 262 g/mol. The largest absolute Gasteiger partial charge is 0.383 e. The molecule has 0 amide bonds. The molecule has 0 saturated carbocycles. The number of benzene rings is 1. The number of hydrogen-bond acceptors (Lipinski definition) is 4. The summed E-state index contributed by atoms with van der Waals surface area (Å²) in [4.78, 5) is 4.62. The molecular formula is C14H18N2OS. The van der Waals surface area contributed by atoms with Crippen molar-refractivity contribution in [1.29, 1.82) is 0 Å². The molecule has 0 atom stereocenters. The van der Waals surface area contributed by atoms with E-state index in [1.165, 1.54) is 5.56 Å². The fraction of sp³-hybridized carbons (Fsp3) is 0.357. The maximum absolute atomic E-state index is 4.98. The van der Waals surface area contributed by atoms with E-state index in [1.807, 2.05) is 6.07 Å². The Kier molecular flexibility index (Phi) is 5.33. The van der Waals surface area contributed by atoms with Crippen LogP contribution in [0.15, 0.2) is 35.7 Å². The topological polar surface area (TPSA) is 34.1 Å². The van der Waals surface area contributed by atoms with E-state index >= 15 is 0 Å². The first-order valence-corrected chi connectivity index (χ1v) is 6.93. The summed E-state index contributed by atoms with van der Waals surface area (Å²) in [5.41, 5.74) is 2.46. The highest BCUT2D eigenvalue weighted by Gasteiger charge is 2.02. The van der Waals surface area contributed by atoms with Crippen molar-refractivity contribution < 1.29 is 4.74 Å². The Balaban J connectivity index is 1.83.